The number of aliphatic hydroxyl groups is 1. The number of nitrogens with one attached hydrogen (secondary N) is 1. The number of rotatable bonds is 7. The molecule has 0 bridgehead atoms. The summed E-state index contributed by atoms with van der Waals surface area (Å²) in [7, 11) is 0. The van der Waals surface area contributed by atoms with Gasteiger partial charge in [0.2, 0.25) is 5.91 Å². The van der Waals surface area contributed by atoms with E-state index in [1.54, 1.807) is 0 Å². The standard InChI is InChI=1S/C12H25NO2/c1-9(2)11(10(3)4)8-13-12(15)6-5-7-14/h9-11,14H,5-8H2,1-4H3,(H,13,15). The number of amides is 1. The predicted octanol–water partition coefficient (Wildman–Crippen LogP) is 1.80. The molecule has 3 heteroatoms. The Morgan fingerprint density at radius 1 is 1.20 bits per heavy atom. The van der Waals surface area contributed by atoms with Crippen LogP contribution in [0.4, 0.5) is 0 Å². The summed E-state index contributed by atoms with van der Waals surface area (Å²) < 4.78 is 0. The van der Waals surface area contributed by atoms with Crippen molar-refractivity contribution in [1.82, 2.24) is 5.32 Å². The van der Waals surface area contributed by atoms with Gasteiger partial charge in [-0.25, -0.2) is 0 Å². The molecule has 0 aliphatic carbocycles. The molecule has 0 atom stereocenters. The first-order valence-corrected chi connectivity index (χ1v) is 5.86. The summed E-state index contributed by atoms with van der Waals surface area (Å²) in [6.07, 6.45) is 0.985. The summed E-state index contributed by atoms with van der Waals surface area (Å²) in [6, 6.07) is 0. The van der Waals surface area contributed by atoms with E-state index in [0.717, 1.165) is 6.54 Å². The fraction of sp³-hybridized carbons (Fsp3) is 0.917. The van der Waals surface area contributed by atoms with Crippen molar-refractivity contribution in [2.75, 3.05) is 13.2 Å². The minimum Gasteiger partial charge on any atom is -0.396 e. The Bertz CT molecular complexity index is 170. The summed E-state index contributed by atoms with van der Waals surface area (Å²) in [5.41, 5.74) is 0. The highest BCUT2D eigenvalue weighted by atomic mass is 16.3. The maximum atomic E-state index is 11.3. The first kappa shape index (κ1) is 14.4. The number of hydrogen-bond acceptors (Lipinski definition) is 2. The van der Waals surface area contributed by atoms with Crippen LogP contribution in [-0.4, -0.2) is 24.2 Å². The van der Waals surface area contributed by atoms with Crippen molar-refractivity contribution < 1.29 is 9.90 Å². The highest BCUT2D eigenvalue weighted by Gasteiger charge is 2.17. The zero-order valence-corrected chi connectivity index (χ0v) is 10.4. The number of carbonyl (C=O) groups excluding carboxylic acids is 1. The van der Waals surface area contributed by atoms with Gasteiger partial charge in [-0.2, -0.15) is 0 Å². The van der Waals surface area contributed by atoms with Crippen molar-refractivity contribution >= 4 is 5.91 Å². The van der Waals surface area contributed by atoms with Crippen molar-refractivity contribution in [3.8, 4) is 0 Å². The van der Waals surface area contributed by atoms with Crippen LogP contribution in [0.2, 0.25) is 0 Å². The van der Waals surface area contributed by atoms with Gasteiger partial charge < -0.3 is 10.4 Å². The molecule has 90 valence electrons. The maximum absolute atomic E-state index is 11.3. The van der Waals surface area contributed by atoms with Gasteiger partial charge in [0, 0.05) is 19.6 Å². The molecule has 2 N–H and O–H groups in total. The Kier molecular flexibility index (Phi) is 7.39. The smallest absolute Gasteiger partial charge is 0.220 e. The summed E-state index contributed by atoms with van der Waals surface area (Å²) in [5, 5.41) is 11.5. The average Bonchev–Trinajstić information content (AvgIpc) is 2.13. The lowest BCUT2D eigenvalue weighted by atomic mass is 9.85. The van der Waals surface area contributed by atoms with Gasteiger partial charge in [-0.15, -0.1) is 0 Å². The average molecular weight is 215 g/mol. The molecule has 0 saturated heterocycles. The van der Waals surface area contributed by atoms with Crippen LogP contribution < -0.4 is 5.32 Å². The third-order valence-corrected chi connectivity index (χ3v) is 2.81. The first-order chi connectivity index (χ1) is 6.99. The number of carbonyl (C=O) groups is 1. The van der Waals surface area contributed by atoms with Crippen molar-refractivity contribution in [2.45, 2.75) is 40.5 Å². The maximum Gasteiger partial charge on any atom is 0.220 e. The molecule has 0 aromatic rings. The quantitative estimate of drug-likeness (QED) is 0.680. The summed E-state index contributed by atoms with van der Waals surface area (Å²) >= 11 is 0. The molecule has 1 amide bonds. The van der Waals surface area contributed by atoms with E-state index in [0.29, 0.717) is 30.6 Å². The predicted molar refractivity (Wildman–Crippen MR) is 62.5 cm³/mol. The molecule has 0 fully saturated rings. The Balaban J connectivity index is 3.84. The fourth-order valence-electron chi connectivity index (χ4n) is 1.80. The van der Waals surface area contributed by atoms with Crippen molar-refractivity contribution in [2.24, 2.45) is 17.8 Å². The largest absolute Gasteiger partial charge is 0.396 e. The van der Waals surface area contributed by atoms with E-state index in [4.69, 9.17) is 5.11 Å². The second-order valence-corrected chi connectivity index (χ2v) is 4.78. The summed E-state index contributed by atoms with van der Waals surface area (Å²) in [6.45, 7) is 9.58. The number of hydrogen-bond donors (Lipinski definition) is 2. The zero-order chi connectivity index (χ0) is 11.8. The molecular formula is C12H25NO2. The van der Waals surface area contributed by atoms with Crippen molar-refractivity contribution in [1.29, 1.82) is 0 Å². The molecule has 0 aliphatic rings. The van der Waals surface area contributed by atoms with Gasteiger partial charge >= 0.3 is 0 Å². The molecule has 15 heavy (non-hydrogen) atoms. The van der Waals surface area contributed by atoms with Crippen LogP contribution in [0.15, 0.2) is 0 Å². The van der Waals surface area contributed by atoms with E-state index in [1.807, 2.05) is 0 Å². The second kappa shape index (κ2) is 7.69. The third-order valence-electron chi connectivity index (χ3n) is 2.81. The molecule has 0 radical (unpaired) electrons. The van der Waals surface area contributed by atoms with E-state index in [1.165, 1.54) is 0 Å². The minimum atomic E-state index is 0.0513. The molecule has 3 nitrogen and oxygen atoms in total. The van der Waals surface area contributed by atoms with Gasteiger partial charge in [0.15, 0.2) is 0 Å². The molecule has 0 saturated carbocycles. The SMILES string of the molecule is CC(C)C(CNC(=O)CCCO)C(C)C. The molecule has 0 spiro atoms. The molecule has 0 rings (SSSR count). The summed E-state index contributed by atoms with van der Waals surface area (Å²) in [5.74, 6) is 1.75. The normalized spacial score (nSPS) is 11.5. The van der Waals surface area contributed by atoms with E-state index >= 15 is 0 Å². The van der Waals surface area contributed by atoms with Gasteiger partial charge in [0.1, 0.15) is 0 Å². The number of aliphatic hydroxyl groups excluding tert-OH is 1. The van der Waals surface area contributed by atoms with Crippen LogP contribution in [-0.2, 0) is 4.79 Å². The Hall–Kier alpha value is -0.570. The van der Waals surface area contributed by atoms with Crippen molar-refractivity contribution in [3.63, 3.8) is 0 Å². The topological polar surface area (TPSA) is 49.3 Å². The Labute approximate surface area is 93.3 Å². The van der Waals surface area contributed by atoms with E-state index in [2.05, 4.69) is 33.0 Å². The van der Waals surface area contributed by atoms with Crippen LogP contribution in [0.25, 0.3) is 0 Å². The second-order valence-electron chi connectivity index (χ2n) is 4.78. The van der Waals surface area contributed by atoms with Gasteiger partial charge in [-0.1, -0.05) is 27.7 Å². The minimum absolute atomic E-state index is 0.0513. The Morgan fingerprint density at radius 2 is 1.73 bits per heavy atom. The monoisotopic (exact) mass is 215 g/mol. The summed E-state index contributed by atoms with van der Waals surface area (Å²) in [4.78, 5) is 11.3. The lowest BCUT2D eigenvalue weighted by molar-refractivity contribution is -0.121. The van der Waals surface area contributed by atoms with E-state index < -0.39 is 0 Å². The highest BCUT2D eigenvalue weighted by molar-refractivity contribution is 5.75. The molecule has 0 aliphatic heterocycles. The van der Waals surface area contributed by atoms with Crippen LogP contribution in [0.5, 0.6) is 0 Å². The molecule has 0 aromatic heterocycles. The van der Waals surface area contributed by atoms with Crippen LogP contribution in [0.1, 0.15) is 40.5 Å². The van der Waals surface area contributed by atoms with E-state index in [9.17, 15) is 4.79 Å². The van der Waals surface area contributed by atoms with Gasteiger partial charge in [0.25, 0.3) is 0 Å². The highest BCUT2D eigenvalue weighted by Crippen LogP contribution is 2.19. The molecular weight excluding hydrogens is 190 g/mol. The lowest BCUT2D eigenvalue weighted by Crippen LogP contribution is -2.33. The van der Waals surface area contributed by atoms with Gasteiger partial charge in [0.05, 0.1) is 0 Å². The Morgan fingerprint density at radius 3 is 2.13 bits per heavy atom. The fourth-order valence-corrected chi connectivity index (χ4v) is 1.80. The lowest BCUT2D eigenvalue weighted by Gasteiger charge is -2.25. The molecule has 0 aromatic carbocycles. The van der Waals surface area contributed by atoms with Crippen molar-refractivity contribution in [3.05, 3.63) is 0 Å². The van der Waals surface area contributed by atoms with Gasteiger partial charge in [-0.3, -0.25) is 4.79 Å². The first-order valence-electron chi connectivity index (χ1n) is 5.86. The van der Waals surface area contributed by atoms with Crippen LogP contribution in [0, 0.1) is 17.8 Å². The molecule has 0 heterocycles. The van der Waals surface area contributed by atoms with E-state index in [-0.39, 0.29) is 12.5 Å². The van der Waals surface area contributed by atoms with Crippen LogP contribution in [0.3, 0.4) is 0 Å². The zero-order valence-electron chi connectivity index (χ0n) is 10.4. The van der Waals surface area contributed by atoms with Crippen LogP contribution >= 0.6 is 0 Å². The van der Waals surface area contributed by atoms with Gasteiger partial charge in [-0.05, 0) is 24.2 Å². The molecule has 0 unspecified atom stereocenters. The third kappa shape index (κ3) is 6.50.